The SMILES string of the molecule is CNCc1ccc(CN2CCC3C(CCCN3C)C2)nc1. The van der Waals surface area contributed by atoms with Gasteiger partial charge in [-0.05, 0) is 57.5 Å². The fourth-order valence-electron chi connectivity index (χ4n) is 3.96. The quantitative estimate of drug-likeness (QED) is 0.914. The molecule has 2 fully saturated rings. The first kappa shape index (κ1) is 14.9. The molecule has 0 amide bonds. The summed E-state index contributed by atoms with van der Waals surface area (Å²) in [5.41, 5.74) is 2.46. The van der Waals surface area contributed by atoms with Crippen molar-refractivity contribution in [3.05, 3.63) is 29.6 Å². The summed E-state index contributed by atoms with van der Waals surface area (Å²) < 4.78 is 0. The number of nitrogens with zero attached hydrogens (tertiary/aromatic N) is 3. The van der Waals surface area contributed by atoms with Crippen LogP contribution in [0.5, 0.6) is 0 Å². The maximum absolute atomic E-state index is 4.62. The average Bonchev–Trinajstić information content (AvgIpc) is 2.50. The summed E-state index contributed by atoms with van der Waals surface area (Å²) in [4.78, 5) is 9.80. The average molecular weight is 288 g/mol. The van der Waals surface area contributed by atoms with Crippen molar-refractivity contribution < 1.29 is 0 Å². The van der Waals surface area contributed by atoms with Crippen LogP contribution in [0.15, 0.2) is 18.3 Å². The number of pyridine rings is 1. The van der Waals surface area contributed by atoms with Crippen molar-refractivity contribution in [3.8, 4) is 0 Å². The van der Waals surface area contributed by atoms with Gasteiger partial charge in [-0.25, -0.2) is 0 Å². The van der Waals surface area contributed by atoms with Gasteiger partial charge in [0.1, 0.15) is 0 Å². The molecular formula is C17H28N4. The molecule has 2 aliphatic heterocycles. The molecule has 1 aromatic rings. The van der Waals surface area contributed by atoms with E-state index in [0.717, 1.165) is 25.0 Å². The normalized spacial score (nSPS) is 27.5. The van der Waals surface area contributed by atoms with E-state index < -0.39 is 0 Å². The molecule has 2 aliphatic rings. The lowest BCUT2D eigenvalue weighted by Gasteiger charge is -2.46. The molecule has 0 spiro atoms. The van der Waals surface area contributed by atoms with E-state index in [1.54, 1.807) is 0 Å². The highest BCUT2D eigenvalue weighted by Gasteiger charge is 2.34. The van der Waals surface area contributed by atoms with Gasteiger partial charge in [-0.1, -0.05) is 6.07 Å². The van der Waals surface area contributed by atoms with Crippen LogP contribution in [-0.2, 0) is 13.1 Å². The van der Waals surface area contributed by atoms with E-state index >= 15 is 0 Å². The van der Waals surface area contributed by atoms with Gasteiger partial charge in [0.15, 0.2) is 0 Å². The Morgan fingerprint density at radius 3 is 2.95 bits per heavy atom. The lowest BCUT2D eigenvalue weighted by molar-refractivity contribution is 0.0350. The Morgan fingerprint density at radius 1 is 1.29 bits per heavy atom. The molecule has 4 heteroatoms. The van der Waals surface area contributed by atoms with Crippen molar-refractivity contribution in [3.63, 3.8) is 0 Å². The van der Waals surface area contributed by atoms with Gasteiger partial charge in [-0.3, -0.25) is 9.88 Å². The molecule has 2 saturated heterocycles. The van der Waals surface area contributed by atoms with Crippen molar-refractivity contribution in [2.45, 2.75) is 38.4 Å². The highest BCUT2D eigenvalue weighted by molar-refractivity contribution is 5.14. The standard InChI is InChI=1S/C17H28N4/c1-18-10-14-5-6-16(19-11-14)13-21-9-7-17-15(12-21)4-3-8-20(17)2/h5-6,11,15,17-18H,3-4,7-10,12-13H2,1-2H3. The summed E-state index contributed by atoms with van der Waals surface area (Å²) in [5, 5.41) is 3.17. The molecule has 0 saturated carbocycles. The topological polar surface area (TPSA) is 31.4 Å². The maximum atomic E-state index is 4.62. The van der Waals surface area contributed by atoms with Crippen LogP contribution in [0.3, 0.4) is 0 Å². The van der Waals surface area contributed by atoms with Gasteiger partial charge in [-0.15, -0.1) is 0 Å². The van der Waals surface area contributed by atoms with Gasteiger partial charge < -0.3 is 10.2 Å². The van der Waals surface area contributed by atoms with E-state index in [0.29, 0.717) is 0 Å². The van der Waals surface area contributed by atoms with E-state index in [4.69, 9.17) is 0 Å². The smallest absolute Gasteiger partial charge is 0.0544 e. The van der Waals surface area contributed by atoms with Crippen molar-refractivity contribution in [2.24, 2.45) is 5.92 Å². The van der Waals surface area contributed by atoms with Crippen LogP contribution in [0.2, 0.25) is 0 Å². The molecule has 116 valence electrons. The Morgan fingerprint density at radius 2 is 2.19 bits per heavy atom. The summed E-state index contributed by atoms with van der Waals surface area (Å²) >= 11 is 0. The Bertz CT molecular complexity index is 445. The van der Waals surface area contributed by atoms with Crippen LogP contribution in [0.25, 0.3) is 0 Å². The van der Waals surface area contributed by atoms with Crippen LogP contribution in [0.1, 0.15) is 30.5 Å². The van der Waals surface area contributed by atoms with E-state index in [-0.39, 0.29) is 0 Å². The fourth-order valence-corrected chi connectivity index (χ4v) is 3.96. The third-order valence-electron chi connectivity index (χ3n) is 5.08. The molecule has 0 aromatic carbocycles. The minimum Gasteiger partial charge on any atom is -0.316 e. The zero-order valence-corrected chi connectivity index (χ0v) is 13.4. The molecule has 3 rings (SSSR count). The molecule has 0 radical (unpaired) electrons. The minimum atomic E-state index is 0.820. The number of likely N-dealkylation sites (tertiary alicyclic amines) is 2. The summed E-state index contributed by atoms with van der Waals surface area (Å²) in [6, 6.07) is 5.20. The van der Waals surface area contributed by atoms with Gasteiger partial charge in [0.25, 0.3) is 0 Å². The molecule has 2 unspecified atom stereocenters. The molecule has 0 aliphatic carbocycles. The molecule has 0 bridgehead atoms. The van der Waals surface area contributed by atoms with E-state index in [1.807, 2.05) is 13.2 Å². The Labute approximate surface area is 128 Å². The third kappa shape index (κ3) is 3.62. The van der Waals surface area contributed by atoms with Gasteiger partial charge >= 0.3 is 0 Å². The zero-order valence-electron chi connectivity index (χ0n) is 13.4. The van der Waals surface area contributed by atoms with Crippen LogP contribution in [0, 0.1) is 5.92 Å². The summed E-state index contributed by atoms with van der Waals surface area (Å²) in [6.07, 6.45) is 6.09. The zero-order chi connectivity index (χ0) is 14.7. The summed E-state index contributed by atoms with van der Waals surface area (Å²) in [6.45, 7) is 5.65. The van der Waals surface area contributed by atoms with Crippen molar-refractivity contribution >= 4 is 0 Å². The van der Waals surface area contributed by atoms with Crippen molar-refractivity contribution in [1.29, 1.82) is 0 Å². The van der Waals surface area contributed by atoms with Crippen LogP contribution >= 0.6 is 0 Å². The number of hydrogen-bond acceptors (Lipinski definition) is 4. The lowest BCUT2D eigenvalue weighted by atomic mass is 9.84. The van der Waals surface area contributed by atoms with Crippen molar-refractivity contribution in [1.82, 2.24) is 20.1 Å². The third-order valence-corrected chi connectivity index (χ3v) is 5.08. The van der Waals surface area contributed by atoms with E-state index in [2.05, 4.69) is 39.3 Å². The molecular weight excluding hydrogens is 260 g/mol. The minimum absolute atomic E-state index is 0.820. The van der Waals surface area contributed by atoms with Crippen LogP contribution in [0.4, 0.5) is 0 Å². The number of piperidine rings is 2. The second-order valence-corrected chi connectivity index (χ2v) is 6.66. The largest absolute Gasteiger partial charge is 0.316 e. The number of nitrogens with one attached hydrogen (secondary N) is 1. The van der Waals surface area contributed by atoms with Crippen LogP contribution < -0.4 is 5.32 Å². The summed E-state index contributed by atoms with van der Waals surface area (Å²) in [5.74, 6) is 0.862. The molecule has 1 N–H and O–H groups in total. The summed E-state index contributed by atoms with van der Waals surface area (Å²) in [7, 11) is 4.27. The predicted molar refractivity (Wildman–Crippen MR) is 86.0 cm³/mol. The first-order valence-corrected chi connectivity index (χ1v) is 8.27. The monoisotopic (exact) mass is 288 g/mol. The number of hydrogen-bond donors (Lipinski definition) is 1. The van der Waals surface area contributed by atoms with Gasteiger partial charge in [0.05, 0.1) is 5.69 Å². The molecule has 1 aromatic heterocycles. The highest BCUT2D eigenvalue weighted by atomic mass is 15.2. The number of fused-ring (bicyclic) bond motifs is 1. The number of aromatic nitrogens is 1. The first-order valence-electron chi connectivity index (χ1n) is 8.27. The predicted octanol–water partition coefficient (Wildman–Crippen LogP) is 1.72. The molecule has 3 heterocycles. The molecule has 2 atom stereocenters. The van der Waals surface area contributed by atoms with Gasteiger partial charge in [0.2, 0.25) is 0 Å². The molecule has 21 heavy (non-hydrogen) atoms. The second-order valence-electron chi connectivity index (χ2n) is 6.66. The maximum Gasteiger partial charge on any atom is 0.0544 e. The first-order chi connectivity index (χ1) is 10.3. The van der Waals surface area contributed by atoms with Gasteiger partial charge in [0, 0.05) is 38.4 Å². The molecule has 4 nitrogen and oxygen atoms in total. The second kappa shape index (κ2) is 6.86. The number of rotatable bonds is 4. The van der Waals surface area contributed by atoms with Crippen LogP contribution in [-0.4, -0.2) is 54.6 Å². The van der Waals surface area contributed by atoms with Crippen molar-refractivity contribution in [2.75, 3.05) is 33.7 Å². The van der Waals surface area contributed by atoms with Gasteiger partial charge in [-0.2, -0.15) is 0 Å². The Balaban J connectivity index is 1.56. The highest BCUT2D eigenvalue weighted by Crippen LogP contribution is 2.29. The van der Waals surface area contributed by atoms with E-state index in [9.17, 15) is 0 Å². The van der Waals surface area contributed by atoms with E-state index in [1.165, 1.54) is 50.2 Å². The Hall–Kier alpha value is -0.970. The Kier molecular flexibility index (Phi) is 4.88. The lowest BCUT2D eigenvalue weighted by Crippen LogP contribution is -2.52. The fraction of sp³-hybridized carbons (Fsp3) is 0.706.